The molecule has 25 heavy (non-hydrogen) atoms. The summed E-state index contributed by atoms with van der Waals surface area (Å²) >= 11 is 3.47. The van der Waals surface area contributed by atoms with Gasteiger partial charge in [-0.3, -0.25) is 4.79 Å². The van der Waals surface area contributed by atoms with Crippen LogP contribution in [0.3, 0.4) is 0 Å². The third-order valence-electron chi connectivity index (χ3n) is 5.97. The number of carbonyl (C=O) groups excluding carboxylic acids is 1. The van der Waals surface area contributed by atoms with E-state index in [-0.39, 0.29) is 55.5 Å². The van der Waals surface area contributed by atoms with Gasteiger partial charge in [-0.1, -0.05) is 56.6 Å². The van der Waals surface area contributed by atoms with Gasteiger partial charge in [-0.15, -0.1) is 20.7 Å². The summed E-state index contributed by atoms with van der Waals surface area (Å²) in [7, 11) is 0. The molecule has 2 bridgehead atoms. The van der Waals surface area contributed by atoms with Crippen LogP contribution in [0.4, 0.5) is 13.2 Å². The number of esters is 1. The summed E-state index contributed by atoms with van der Waals surface area (Å²) in [6.45, 7) is 5.37. The molecule has 2 aliphatic rings. The van der Waals surface area contributed by atoms with Crippen molar-refractivity contribution in [2.45, 2.75) is 56.2 Å². The molecule has 2 fully saturated rings. The van der Waals surface area contributed by atoms with Gasteiger partial charge in [0.1, 0.15) is 3.42 Å². The van der Waals surface area contributed by atoms with Gasteiger partial charge in [0.25, 0.3) is 0 Å². The quantitative estimate of drug-likeness (QED) is 0.258. The van der Waals surface area contributed by atoms with Gasteiger partial charge in [0, 0.05) is 3.92 Å². The molecule has 2 aliphatic carbocycles. The molecule has 2 saturated carbocycles. The largest absolute Gasteiger partial charge is 0.464 e. The van der Waals surface area contributed by atoms with Crippen LogP contribution in [0, 0.1) is 17.8 Å². The molecular weight excluding hydrogens is 678 g/mol. The van der Waals surface area contributed by atoms with Gasteiger partial charge >= 0.3 is 12.1 Å². The van der Waals surface area contributed by atoms with Crippen LogP contribution in [0.1, 0.15) is 33.6 Å². The van der Waals surface area contributed by atoms with Crippen molar-refractivity contribution in [2.75, 3.05) is 6.61 Å². The number of carbonyl (C=O) groups is 1. The van der Waals surface area contributed by atoms with Crippen LogP contribution >= 0.6 is 65.9 Å². The summed E-state index contributed by atoms with van der Waals surface area (Å²) in [5.41, 5.74) is -2.67. The molecule has 9 heteroatoms. The van der Waals surface area contributed by atoms with E-state index in [0.29, 0.717) is 6.42 Å². The van der Waals surface area contributed by atoms with Crippen molar-refractivity contribution in [3.05, 3.63) is 0 Å². The zero-order valence-electron chi connectivity index (χ0n) is 14.2. The Morgan fingerprint density at radius 1 is 1.48 bits per heavy atom. The minimum Gasteiger partial charge on any atom is -0.464 e. The highest BCUT2D eigenvalue weighted by atomic mass is 127. The van der Waals surface area contributed by atoms with Crippen LogP contribution in [0.2, 0.25) is 0 Å². The van der Waals surface area contributed by atoms with E-state index >= 15 is 0 Å². The highest BCUT2D eigenvalue weighted by Gasteiger charge is 2.76. The molecule has 0 saturated heterocycles. The lowest BCUT2D eigenvalue weighted by molar-refractivity contribution is -0.286. The molecule has 0 aromatic rings. The Hall–Kier alpha value is 1.28. The van der Waals surface area contributed by atoms with E-state index in [1.54, 1.807) is 22.6 Å². The summed E-state index contributed by atoms with van der Waals surface area (Å²) in [5, 5.41) is 10.4. The Labute approximate surface area is 183 Å². The van der Waals surface area contributed by atoms with E-state index in [9.17, 15) is 23.1 Å². The molecule has 2 rings (SSSR count). The highest BCUT2D eigenvalue weighted by molar-refractivity contribution is 14.2. The Balaban J connectivity index is 2.08. The highest BCUT2D eigenvalue weighted by Crippen LogP contribution is 2.67. The van der Waals surface area contributed by atoms with Gasteiger partial charge in [-0.25, -0.2) is 0 Å². The maximum Gasteiger partial charge on any atom is 0.418 e. The van der Waals surface area contributed by atoms with E-state index in [0.717, 1.165) is 0 Å². The number of alkyl halides is 6. The summed E-state index contributed by atoms with van der Waals surface area (Å²) in [4.78, 5) is 12.4. The van der Waals surface area contributed by atoms with E-state index in [1.807, 2.05) is 13.8 Å². The van der Waals surface area contributed by atoms with Gasteiger partial charge in [-0.05, 0) is 44.4 Å². The number of rotatable bonds is 5. The number of aliphatic hydroxyl groups is 1. The molecule has 0 amide bonds. The standard InChI is InChI=1S/C16H22F3I3O3/c1-8(22-4)13(2,20)12(23)25-7-9-5-10-6-11(9)14(3,21)15(10,24)16(17,18)19/h8-11,24H,4-7H2,1-3H3. The van der Waals surface area contributed by atoms with E-state index in [4.69, 9.17) is 4.74 Å². The van der Waals surface area contributed by atoms with Crippen LogP contribution < -0.4 is 0 Å². The molecule has 0 spiro atoms. The summed E-state index contributed by atoms with van der Waals surface area (Å²) in [6, 6.07) is 0. The fraction of sp³-hybridized carbons (Fsp3) is 0.875. The van der Waals surface area contributed by atoms with Crippen LogP contribution in [0.15, 0.2) is 0 Å². The lowest BCUT2D eigenvalue weighted by atomic mass is 9.71. The molecule has 0 radical (unpaired) electrons. The van der Waals surface area contributed by atoms with Gasteiger partial charge in [-0.2, -0.15) is 13.2 Å². The molecule has 3 nitrogen and oxygen atoms in total. The monoisotopic (exact) mass is 700 g/mol. The maximum atomic E-state index is 13.5. The third-order valence-corrected chi connectivity index (χ3v) is 12.7. The minimum absolute atomic E-state index is 0.118. The molecule has 146 valence electrons. The first-order valence-electron chi connectivity index (χ1n) is 7.92. The van der Waals surface area contributed by atoms with Crippen molar-refractivity contribution < 1.29 is 27.8 Å². The fourth-order valence-corrected chi connectivity index (χ4v) is 8.00. The van der Waals surface area contributed by atoms with Gasteiger partial charge in [0.2, 0.25) is 0 Å². The molecule has 0 aromatic heterocycles. The summed E-state index contributed by atoms with van der Waals surface area (Å²) in [5.74, 6) is -1.63. The predicted molar refractivity (Wildman–Crippen MR) is 117 cm³/mol. The Bertz CT molecular complexity index is 565. The number of hydrogen-bond donors (Lipinski definition) is 1. The molecule has 7 unspecified atom stereocenters. The second-order valence-electron chi connectivity index (χ2n) is 7.32. The van der Waals surface area contributed by atoms with Gasteiger partial charge in [0.15, 0.2) is 5.60 Å². The third kappa shape index (κ3) is 3.53. The van der Waals surface area contributed by atoms with Crippen LogP contribution in [-0.4, -0.2) is 44.7 Å². The van der Waals surface area contributed by atoms with Crippen molar-refractivity contribution in [3.63, 3.8) is 0 Å². The van der Waals surface area contributed by atoms with Gasteiger partial charge < -0.3 is 9.84 Å². The molecule has 0 aliphatic heterocycles. The van der Waals surface area contributed by atoms with Crippen molar-refractivity contribution >= 4 is 76.4 Å². The molecular formula is C16H22F3I3O3. The number of hydrogen-bond acceptors (Lipinski definition) is 3. The Morgan fingerprint density at radius 3 is 2.48 bits per heavy atom. The predicted octanol–water partition coefficient (Wildman–Crippen LogP) is 4.66. The fourth-order valence-electron chi connectivity index (χ4n) is 4.14. The normalized spacial score (nSPS) is 41.4. The average molecular weight is 700 g/mol. The Kier molecular flexibility index (Phi) is 6.56. The second kappa shape index (κ2) is 7.27. The number of fused-ring (bicyclic) bond motifs is 2. The topological polar surface area (TPSA) is 46.5 Å². The molecule has 7 atom stereocenters. The summed E-state index contributed by atoms with van der Waals surface area (Å²) < 4.78 is 48.0. The van der Waals surface area contributed by atoms with Crippen molar-refractivity contribution in [3.8, 4) is 0 Å². The Morgan fingerprint density at radius 2 is 2.04 bits per heavy atom. The molecule has 1 N–H and O–H groups in total. The lowest BCUT2D eigenvalue weighted by Gasteiger charge is -2.47. The molecule has 0 heterocycles. The first-order valence-corrected chi connectivity index (χ1v) is 12.8. The van der Waals surface area contributed by atoms with E-state index in [1.165, 1.54) is 6.92 Å². The zero-order chi connectivity index (χ0) is 19.4. The first kappa shape index (κ1) is 22.6. The van der Waals surface area contributed by atoms with E-state index in [2.05, 4.69) is 27.1 Å². The van der Waals surface area contributed by atoms with Crippen molar-refractivity contribution in [2.24, 2.45) is 17.8 Å². The number of ether oxygens (including phenoxy) is 1. The van der Waals surface area contributed by atoms with Gasteiger partial charge in [0.05, 0.1) is 10.0 Å². The van der Waals surface area contributed by atoms with E-state index < -0.39 is 24.5 Å². The number of halogens is 6. The molecule has 0 aromatic carbocycles. The SMILES string of the molecule is C=IC(C)C(C)(I)C(=O)OCC1CC2CC1C(C)(I)C2(O)C(F)(F)F. The van der Waals surface area contributed by atoms with Crippen LogP contribution in [0.25, 0.3) is 0 Å². The smallest absolute Gasteiger partial charge is 0.418 e. The van der Waals surface area contributed by atoms with Crippen LogP contribution in [-0.2, 0) is 9.53 Å². The lowest BCUT2D eigenvalue weighted by Crippen LogP contribution is -2.63. The van der Waals surface area contributed by atoms with Crippen molar-refractivity contribution in [1.82, 2.24) is 0 Å². The zero-order valence-corrected chi connectivity index (χ0v) is 20.6. The van der Waals surface area contributed by atoms with Crippen molar-refractivity contribution in [1.29, 1.82) is 0 Å². The maximum absolute atomic E-state index is 13.5. The minimum atomic E-state index is -4.65. The van der Waals surface area contributed by atoms with Crippen LogP contribution in [0.5, 0.6) is 0 Å². The summed E-state index contributed by atoms with van der Waals surface area (Å²) in [6.07, 6.45) is -4.10. The first-order chi connectivity index (χ1) is 11.2. The average Bonchev–Trinajstić information content (AvgIpc) is 3.01. The second-order valence-corrected chi connectivity index (χ2v) is 14.6.